The lowest BCUT2D eigenvalue weighted by Gasteiger charge is -2.10. The molecule has 0 spiro atoms. The second kappa shape index (κ2) is 6.26. The average molecular weight is 334 g/mol. The Labute approximate surface area is 124 Å². The Balaban J connectivity index is 2.19. The summed E-state index contributed by atoms with van der Waals surface area (Å²) in [4.78, 5) is 11.9. The molecule has 0 bridgehead atoms. The van der Waals surface area contributed by atoms with Crippen molar-refractivity contribution in [2.45, 2.75) is 13.1 Å². The number of phenols is 1. The molecule has 2 aromatic rings. The molecule has 0 aliphatic heterocycles. The number of aromatic nitrogens is 2. The van der Waals surface area contributed by atoms with Crippen molar-refractivity contribution >= 4 is 21.6 Å². The smallest absolute Gasteiger partial charge is 0.284 e. The van der Waals surface area contributed by atoms with Gasteiger partial charge in [-0.3, -0.25) is 4.79 Å². The van der Waals surface area contributed by atoms with Crippen LogP contribution in [0.3, 0.4) is 0 Å². The Bertz CT molecular complexity index is 719. The molecule has 2 rings (SSSR count). The number of hydrogen-bond acceptors (Lipinski definition) is 4. The molecule has 5 nitrogen and oxygen atoms in total. The molecule has 0 saturated heterocycles. The third kappa shape index (κ3) is 3.00. The Morgan fingerprint density at radius 3 is 2.90 bits per heavy atom. The van der Waals surface area contributed by atoms with Gasteiger partial charge in [0.1, 0.15) is 16.8 Å². The fourth-order valence-corrected chi connectivity index (χ4v) is 2.09. The molecule has 0 saturated carbocycles. The number of nitrogens with one attached hydrogen (secondary N) is 1. The third-order valence-corrected chi connectivity index (χ3v) is 3.45. The van der Waals surface area contributed by atoms with E-state index in [9.17, 15) is 9.90 Å². The standard InChI is InChI=1S/C14H12BrN3O2/c1-2-7-18-14(20)13(15)11(9-17-18)16-8-10-5-3-4-6-12(10)19/h1,3-6,9,16,19H,7-8H2. The molecule has 1 heterocycles. The molecule has 0 fully saturated rings. The number of hydrogen-bond donors (Lipinski definition) is 2. The number of rotatable bonds is 4. The molecule has 0 aliphatic rings. The summed E-state index contributed by atoms with van der Waals surface area (Å²) < 4.78 is 1.55. The summed E-state index contributed by atoms with van der Waals surface area (Å²) in [6.07, 6.45) is 6.68. The van der Waals surface area contributed by atoms with Crippen LogP contribution in [0.1, 0.15) is 5.56 Å². The van der Waals surface area contributed by atoms with Crippen molar-refractivity contribution in [2.75, 3.05) is 5.32 Å². The molecule has 0 radical (unpaired) electrons. The fraction of sp³-hybridized carbons (Fsp3) is 0.143. The molecule has 0 atom stereocenters. The summed E-state index contributed by atoms with van der Waals surface area (Å²) in [5, 5.41) is 16.7. The van der Waals surface area contributed by atoms with E-state index in [1.807, 2.05) is 6.07 Å². The lowest BCUT2D eigenvalue weighted by molar-refractivity contribution is 0.469. The highest BCUT2D eigenvalue weighted by molar-refractivity contribution is 9.10. The number of para-hydroxylation sites is 1. The van der Waals surface area contributed by atoms with Gasteiger partial charge in [-0.25, -0.2) is 4.68 Å². The first kappa shape index (κ1) is 14.2. The van der Waals surface area contributed by atoms with Gasteiger partial charge in [0.15, 0.2) is 0 Å². The minimum atomic E-state index is -0.301. The predicted molar refractivity (Wildman–Crippen MR) is 80.5 cm³/mol. The van der Waals surface area contributed by atoms with Crippen molar-refractivity contribution in [1.29, 1.82) is 0 Å². The summed E-state index contributed by atoms with van der Waals surface area (Å²) in [7, 11) is 0. The average Bonchev–Trinajstić information content (AvgIpc) is 2.45. The highest BCUT2D eigenvalue weighted by Crippen LogP contribution is 2.20. The summed E-state index contributed by atoms with van der Waals surface area (Å²) in [6, 6.07) is 6.98. The van der Waals surface area contributed by atoms with Crippen molar-refractivity contribution in [1.82, 2.24) is 9.78 Å². The van der Waals surface area contributed by atoms with Gasteiger partial charge in [-0.2, -0.15) is 5.10 Å². The lowest BCUT2D eigenvalue weighted by Crippen LogP contribution is -2.24. The van der Waals surface area contributed by atoms with Gasteiger partial charge in [-0.05, 0) is 22.0 Å². The number of terminal acetylenes is 1. The first-order chi connectivity index (χ1) is 9.63. The van der Waals surface area contributed by atoms with Crippen LogP contribution >= 0.6 is 15.9 Å². The minimum absolute atomic E-state index is 0.122. The normalized spacial score (nSPS) is 10.0. The van der Waals surface area contributed by atoms with E-state index < -0.39 is 0 Å². The zero-order chi connectivity index (χ0) is 14.5. The molecule has 6 heteroatoms. The van der Waals surface area contributed by atoms with Gasteiger partial charge in [0.25, 0.3) is 5.56 Å². The SMILES string of the molecule is C#CCn1ncc(NCc2ccccc2O)c(Br)c1=O. The maximum Gasteiger partial charge on any atom is 0.284 e. The van der Waals surface area contributed by atoms with E-state index in [1.165, 1.54) is 10.9 Å². The first-order valence-corrected chi connectivity index (χ1v) is 6.62. The van der Waals surface area contributed by atoms with Crippen LogP contribution in [-0.2, 0) is 13.1 Å². The number of halogens is 1. The Morgan fingerprint density at radius 2 is 2.20 bits per heavy atom. The van der Waals surface area contributed by atoms with Gasteiger partial charge < -0.3 is 10.4 Å². The van der Waals surface area contributed by atoms with E-state index in [-0.39, 0.29) is 17.9 Å². The van der Waals surface area contributed by atoms with Crippen molar-refractivity contribution in [2.24, 2.45) is 0 Å². The second-order valence-corrected chi connectivity index (χ2v) is 4.81. The zero-order valence-electron chi connectivity index (χ0n) is 10.5. The Morgan fingerprint density at radius 1 is 1.45 bits per heavy atom. The topological polar surface area (TPSA) is 67.2 Å². The molecule has 2 N–H and O–H groups in total. The molecular weight excluding hydrogens is 322 g/mol. The lowest BCUT2D eigenvalue weighted by atomic mass is 10.2. The van der Waals surface area contributed by atoms with Gasteiger partial charge in [0, 0.05) is 12.1 Å². The van der Waals surface area contributed by atoms with Gasteiger partial charge in [-0.1, -0.05) is 24.1 Å². The van der Waals surface area contributed by atoms with Crippen molar-refractivity contribution in [3.63, 3.8) is 0 Å². The maximum atomic E-state index is 11.9. The number of nitrogens with zero attached hydrogens (tertiary/aromatic N) is 2. The summed E-state index contributed by atoms with van der Waals surface area (Å²) in [6.45, 7) is 0.503. The van der Waals surface area contributed by atoms with Crippen LogP contribution in [0.15, 0.2) is 39.7 Å². The zero-order valence-corrected chi connectivity index (χ0v) is 12.1. The molecule has 20 heavy (non-hydrogen) atoms. The fourth-order valence-electron chi connectivity index (χ4n) is 1.64. The molecule has 1 aromatic heterocycles. The van der Waals surface area contributed by atoms with Crippen molar-refractivity contribution in [3.8, 4) is 18.1 Å². The van der Waals surface area contributed by atoms with Crippen LogP contribution in [0.4, 0.5) is 5.69 Å². The van der Waals surface area contributed by atoms with Crippen molar-refractivity contribution in [3.05, 3.63) is 50.9 Å². The first-order valence-electron chi connectivity index (χ1n) is 5.83. The molecule has 1 aromatic carbocycles. The van der Waals surface area contributed by atoms with E-state index in [1.54, 1.807) is 18.2 Å². The van der Waals surface area contributed by atoms with E-state index in [2.05, 4.69) is 32.3 Å². The highest BCUT2D eigenvalue weighted by Gasteiger charge is 2.08. The highest BCUT2D eigenvalue weighted by atomic mass is 79.9. The van der Waals surface area contributed by atoms with Crippen LogP contribution < -0.4 is 10.9 Å². The summed E-state index contributed by atoms with van der Waals surface area (Å²) in [5.74, 6) is 2.56. The Hall–Kier alpha value is -2.26. The molecular formula is C14H12BrN3O2. The number of anilines is 1. The molecule has 0 unspecified atom stereocenters. The maximum absolute atomic E-state index is 11.9. The van der Waals surface area contributed by atoms with Gasteiger partial charge in [0.05, 0.1) is 11.9 Å². The van der Waals surface area contributed by atoms with Gasteiger partial charge >= 0.3 is 0 Å². The van der Waals surface area contributed by atoms with Crippen LogP contribution in [-0.4, -0.2) is 14.9 Å². The Kier molecular flexibility index (Phi) is 4.43. The second-order valence-electron chi connectivity index (χ2n) is 4.02. The van der Waals surface area contributed by atoms with Crippen LogP contribution in [0.5, 0.6) is 5.75 Å². The van der Waals surface area contributed by atoms with Crippen LogP contribution in [0.2, 0.25) is 0 Å². The summed E-state index contributed by atoms with van der Waals surface area (Å²) in [5.41, 5.74) is 0.976. The number of benzene rings is 1. The predicted octanol–water partition coefficient (Wildman–Crippen LogP) is 1.96. The monoisotopic (exact) mass is 333 g/mol. The van der Waals surface area contributed by atoms with E-state index in [0.29, 0.717) is 16.7 Å². The molecule has 102 valence electrons. The molecule has 0 aliphatic carbocycles. The third-order valence-electron chi connectivity index (χ3n) is 2.69. The number of aromatic hydroxyl groups is 1. The summed E-state index contributed by atoms with van der Waals surface area (Å²) >= 11 is 3.23. The van der Waals surface area contributed by atoms with E-state index >= 15 is 0 Å². The van der Waals surface area contributed by atoms with Crippen LogP contribution in [0, 0.1) is 12.3 Å². The largest absolute Gasteiger partial charge is 0.508 e. The quantitative estimate of drug-likeness (QED) is 0.839. The van der Waals surface area contributed by atoms with Crippen LogP contribution in [0.25, 0.3) is 0 Å². The van der Waals surface area contributed by atoms with Gasteiger partial charge in [-0.15, -0.1) is 6.42 Å². The molecule has 0 amide bonds. The number of phenolic OH excluding ortho intramolecular Hbond substituents is 1. The van der Waals surface area contributed by atoms with Gasteiger partial charge in [0.2, 0.25) is 0 Å². The van der Waals surface area contributed by atoms with E-state index in [0.717, 1.165) is 5.56 Å². The van der Waals surface area contributed by atoms with Crippen molar-refractivity contribution < 1.29 is 5.11 Å². The minimum Gasteiger partial charge on any atom is -0.508 e. The van der Waals surface area contributed by atoms with E-state index in [4.69, 9.17) is 6.42 Å².